The summed E-state index contributed by atoms with van der Waals surface area (Å²) in [5.41, 5.74) is 0.894. The van der Waals surface area contributed by atoms with Gasteiger partial charge in [-0.25, -0.2) is 0 Å². The van der Waals surface area contributed by atoms with Gasteiger partial charge in [0.05, 0.1) is 6.10 Å². The van der Waals surface area contributed by atoms with Crippen LogP contribution in [0.5, 0.6) is 0 Å². The largest absolute Gasteiger partial charge is 0.494 e. The molecule has 5 heteroatoms. The van der Waals surface area contributed by atoms with Crippen LogP contribution in [0, 0.1) is 0 Å². The second-order valence-electron chi connectivity index (χ2n) is 6.37. The highest BCUT2D eigenvalue weighted by molar-refractivity contribution is 5.91. The van der Waals surface area contributed by atoms with E-state index in [0.717, 1.165) is 31.2 Å². The summed E-state index contributed by atoms with van der Waals surface area (Å²) in [4.78, 5) is 14.7. The van der Waals surface area contributed by atoms with E-state index in [1.165, 1.54) is 6.26 Å². The van der Waals surface area contributed by atoms with Gasteiger partial charge in [-0.1, -0.05) is 43.2 Å². The first-order chi connectivity index (χ1) is 11.8. The van der Waals surface area contributed by atoms with Crippen molar-refractivity contribution in [2.45, 2.75) is 44.2 Å². The number of carbonyl (C=O) groups is 1. The smallest absolute Gasteiger partial charge is 0.292 e. The first-order valence-corrected chi connectivity index (χ1v) is 8.74. The number of nitrogens with zero attached hydrogens (tertiary/aromatic N) is 1. The van der Waals surface area contributed by atoms with Crippen LogP contribution in [0.25, 0.3) is 0 Å². The molecule has 1 amide bonds. The summed E-state index contributed by atoms with van der Waals surface area (Å²) in [6.07, 6.45) is 5.47. The van der Waals surface area contributed by atoms with Gasteiger partial charge in [-0.3, -0.25) is 4.79 Å². The maximum atomic E-state index is 12.8. The van der Waals surface area contributed by atoms with Crippen LogP contribution in [0.2, 0.25) is 0 Å². The van der Waals surface area contributed by atoms with E-state index in [1.807, 2.05) is 35.2 Å². The minimum atomic E-state index is -0.567. The molecule has 1 saturated heterocycles. The molecule has 0 aromatic heterocycles. The van der Waals surface area contributed by atoms with E-state index in [4.69, 9.17) is 9.47 Å². The third kappa shape index (κ3) is 4.09. The maximum absolute atomic E-state index is 12.8. The predicted octanol–water partition coefficient (Wildman–Crippen LogP) is 2.77. The van der Waals surface area contributed by atoms with Crippen molar-refractivity contribution in [2.24, 2.45) is 0 Å². The fourth-order valence-electron chi connectivity index (χ4n) is 3.38. The molecule has 1 fully saturated rings. The van der Waals surface area contributed by atoms with E-state index in [9.17, 15) is 9.90 Å². The van der Waals surface area contributed by atoms with Crippen LogP contribution in [0.4, 0.5) is 0 Å². The predicted molar refractivity (Wildman–Crippen MR) is 90.0 cm³/mol. The molecule has 3 rings (SSSR count). The van der Waals surface area contributed by atoms with E-state index in [0.29, 0.717) is 26.2 Å². The number of ether oxygens (including phenoxy) is 2. The lowest BCUT2D eigenvalue weighted by atomic mass is 9.98. The quantitative estimate of drug-likeness (QED) is 0.922. The summed E-state index contributed by atoms with van der Waals surface area (Å²) in [7, 11) is 0. The number of rotatable bonds is 4. The van der Waals surface area contributed by atoms with Gasteiger partial charge >= 0.3 is 0 Å². The van der Waals surface area contributed by atoms with Gasteiger partial charge in [-0.15, -0.1) is 0 Å². The van der Waals surface area contributed by atoms with Crippen LogP contribution in [0.3, 0.4) is 0 Å². The minimum Gasteiger partial charge on any atom is -0.494 e. The van der Waals surface area contributed by atoms with Gasteiger partial charge in [0.2, 0.25) is 5.76 Å². The van der Waals surface area contributed by atoms with Crippen LogP contribution in [-0.2, 0) is 14.3 Å². The molecular formula is C19H25NO4. The second-order valence-corrected chi connectivity index (χ2v) is 6.37. The monoisotopic (exact) mass is 331 g/mol. The van der Waals surface area contributed by atoms with Crippen molar-refractivity contribution in [3.8, 4) is 0 Å². The minimum absolute atomic E-state index is 0.0154. The number of carbonyl (C=O) groups excluding carboxylic acids is 1. The van der Waals surface area contributed by atoms with Crippen LogP contribution < -0.4 is 0 Å². The summed E-state index contributed by atoms with van der Waals surface area (Å²) >= 11 is 0. The van der Waals surface area contributed by atoms with E-state index in [1.54, 1.807) is 0 Å². The van der Waals surface area contributed by atoms with Crippen molar-refractivity contribution in [3.63, 3.8) is 0 Å². The lowest BCUT2D eigenvalue weighted by Crippen LogP contribution is -2.42. The number of likely N-dealkylation sites (tertiary alicyclic amines) is 1. The molecule has 1 aromatic rings. The zero-order valence-electron chi connectivity index (χ0n) is 13.9. The van der Waals surface area contributed by atoms with Gasteiger partial charge < -0.3 is 19.5 Å². The number of amides is 1. The normalized spacial score (nSPS) is 22.6. The topological polar surface area (TPSA) is 59.0 Å². The van der Waals surface area contributed by atoms with Crippen molar-refractivity contribution < 1.29 is 19.4 Å². The molecule has 2 aliphatic rings. The summed E-state index contributed by atoms with van der Waals surface area (Å²) in [5, 5.41) is 10.6. The van der Waals surface area contributed by atoms with E-state index in [-0.39, 0.29) is 17.7 Å². The Morgan fingerprint density at radius 3 is 2.79 bits per heavy atom. The highest BCUT2D eigenvalue weighted by atomic mass is 16.6. The summed E-state index contributed by atoms with van der Waals surface area (Å²) in [6.45, 7) is 1.58. The van der Waals surface area contributed by atoms with Gasteiger partial charge in [0.25, 0.3) is 5.91 Å². The Labute approximate surface area is 142 Å². The zero-order valence-corrected chi connectivity index (χ0v) is 13.9. The Bertz CT molecular complexity index is 572. The molecule has 1 aromatic carbocycles. The lowest BCUT2D eigenvalue weighted by molar-refractivity contribution is -0.135. The van der Waals surface area contributed by atoms with Crippen molar-refractivity contribution in [1.29, 1.82) is 0 Å². The van der Waals surface area contributed by atoms with Gasteiger partial charge in [-0.05, 0) is 24.8 Å². The molecule has 0 saturated carbocycles. The summed E-state index contributed by atoms with van der Waals surface area (Å²) in [5.74, 6) is 0.157. The first-order valence-electron chi connectivity index (χ1n) is 8.74. The van der Waals surface area contributed by atoms with E-state index in [2.05, 4.69) is 0 Å². The van der Waals surface area contributed by atoms with Crippen molar-refractivity contribution >= 4 is 5.91 Å². The number of benzene rings is 1. The number of aliphatic hydroxyl groups is 1. The highest BCUT2D eigenvalue weighted by Gasteiger charge is 2.31. The molecule has 0 aliphatic carbocycles. The van der Waals surface area contributed by atoms with E-state index >= 15 is 0 Å². The molecule has 130 valence electrons. The molecule has 0 radical (unpaired) electrons. The lowest BCUT2D eigenvalue weighted by Gasteiger charge is -2.32. The van der Waals surface area contributed by atoms with Crippen molar-refractivity contribution in [3.05, 3.63) is 47.9 Å². The number of hydrogen-bond donors (Lipinski definition) is 1. The molecule has 5 nitrogen and oxygen atoms in total. The first kappa shape index (κ1) is 16.8. The zero-order chi connectivity index (χ0) is 16.8. The Balaban J connectivity index is 1.72. The molecule has 0 spiro atoms. The van der Waals surface area contributed by atoms with Crippen LogP contribution in [0.1, 0.15) is 43.8 Å². The molecule has 0 unspecified atom stereocenters. The average Bonchev–Trinajstić information content (AvgIpc) is 2.88. The second kappa shape index (κ2) is 8.20. The number of aliphatic hydroxyl groups excluding tert-OH is 1. The van der Waals surface area contributed by atoms with Gasteiger partial charge in [0.1, 0.15) is 19.5 Å². The van der Waals surface area contributed by atoms with Crippen LogP contribution in [-0.4, -0.2) is 41.7 Å². The average molecular weight is 331 g/mol. The molecule has 2 atom stereocenters. The maximum Gasteiger partial charge on any atom is 0.292 e. The Morgan fingerprint density at radius 1 is 1.21 bits per heavy atom. The summed E-state index contributed by atoms with van der Waals surface area (Å²) in [6, 6.07) is 9.65. The molecule has 2 heterocycles. The van der Waals surface area contributed by atoms with Gasteiger partial charge in [0, 0.05) is 12.6 Å². The molecule has 24 heavy (non-hydrogen) atoms. The van der Waals surface area contributed by atoms with Gasteiger partial charge in [0.15, 0.2) is 0 Å². The fourth-order valence-corrected chi connectivity index (χ4v) is 3.38. The standard InChI is InChI=1S/C19H25NO4/c21-17(15-7-3-1-4-8-15)13-16-9-5-2-6-10-20(16)19(22)18-14-23-11-12-24-18/h1,3-4,7-8,14,16-17,21H,2,5-6,9-13H2/t16-,17-/m0/s1. The van der Waals surface area contributed by atoms with Crippen LogP contribution in [0.15, 0.2) is 42.4 Å². The molecule has 2 aliphatic heterocycles. The third-order valence-electron chi connectivity index (χ3n) is 4.68. The Morgan fingerprint density at radius 2 is 2.04 bits per heavy atom. The SMILES string of the molecule is O=C(C1=COCCO1)N1CCCCC[C@H]1C[C@H](O)c1ccccc1. The molecule has 0 bridgehead atoms. The van der Waals surface area contributed by atoms with Gasteiger partial charge in [-0.2, -0.15) is 0 Å². The highest BCUT2D eigenvalue weighted by Crippen LogP contribution is 2.27. The van der Waals surface area contributed by atoms with Crippen molar-refractivity contribution in [2.75, 3.05) is 19.8 Å². The van der Waals surface area contributed by atoms with Crippen LogP contribution >= 0.6 is 0 Å². The molecule has 1 N–H and O–H groups in total. The molecular weight excluding hydrogens is 306 g/mol. The summed E-state index contributed by atoms with van der Waals surface area (Å²) < 4.78 is 10.7. The fraction of sp³-hybridized carbons (Fsp3) is 0.526. The Hall–Kier alpha value is -2.01. The number of hydrogen-bond acceptors (Lipinski definition) is 4. The Kier molecular flexibility index (Phi) is 5.75. The van der Waals surface area contributed by atoms with E-state index < -0.39 is 6.10 Å². The van der Waals surface area contributed by atoms with Crippen molar-refractivity contribution in [1.82, 2.24) is 4.90 Å². The third-order valence-corrected chi connectivity index (χ3v) is 4.68.